The molecule has 2 aromatic carbocycles. The normalized spacial score (nSPS) is 23.7. The van der Waals surface area contributed by atoms with E-state index < -0.39 is 11.9 Å². The third kappa shape index (κ3) is 3.83. The lowest BCUT2D eigenvalue weighted by Crippen LogP contribution is -2.47. The Morgan fingerprint density at radius 2 is 1.71 bits per heavy atom. The smallest absolute Gasteiger partial charge is 0.196 e. The van der Waals surface area contributed by atoms with Crippen LogP contribution in [0.5, 0.6) is 5.75 Å². The Morgan fingerprint density at radius 3 is 2.45 bits per heavy atom. The molecule has 0 radical (unpaired) electrons. The van der Waals surface area contributed by atoms with Crippen molar-refractivity contribution in [3.05, 3.63) is 82.1 Å². The largest absolute Gasteiger partial charge is 0.478 e. The summed E-state index contributed by atoms with van der Waals surface area (Å²) in [7, 11) is 0. The number of ether oxygens (including phenoxy) is 3. The number of nitrogens with one attached hydrogen (secondary N) is 1. The molecular weight excluding hydrogens is 482 g/mol. The molecule has 2 aliphatic carbocycles. The minimum Gasteiger partial charge on any atom is -0.478 e. The number of hydrogen-bond donors (Lipinski definition) is 1. The molecule has 1 unspecified atom stereocenters. The summed E-state index contributed by atoms with van der Waals surface area (Å²) in [5.74, 6) is -0.0946. The number of aryl methyl sites for hydroxylation is 1. The molecule has 2 aromatic rings. The zero-order chi connectivity index (χ0) is 25.9. The van der Waals surface area contributed by atoms with Crippen LogP contribution in [0.25, 0.3) is 0 Å². The topological polar surface area (TPSA) is 89.5 Å². The van der Waals surface area contributed by atoms with Gasteiger partial charge in [0.1, 0.15) is 11.4 Å². The first-order valence-electron chi connectivity index (χ1n) is 13.3. The lowest BCUT2D eigenvalue weighted by atomic mass is 9.76. The minimum atomic E-state index is -0.556. The van der Waals surface area contributed by atoms with Crippen LogP contribution in [0.2, 0.25) is 0 Å². The van der Waals surface area contributed by atoms with Crippen molar-refractivity contribution in [1.82, 2.24) is 10.2 Å². The lowest BCUT2D eigenvalue weighted by Gasteiger charge is -2.38. The number of ketones is 2. The van der Waals surface area contributed by atoms with E-state index in [9.17, 15) is 9.59 Å². The number of piperidine rings is 1. The number of carbonyl (C=O) groups excluding carboxylic acids is 2. The van der Waals surface area contributed by atoms with Gasteiger partial charge in [0.2, 0.25) is 0 Å². The van der Waals surface area contributed by atoms with Gasteiger partial charge in [-0.2, -0.15) is 0 Å². The molecule has 1 spiro atoms. The summed E-state index contributed by atoms with van der Waals surface area (Å²) in [5.41, 5.74) is 4.40. The standard InChI is InChI=1S/C30H29N3O5/c1-18-6-7-23-21(16-18)32-27-24(38-23)17-22(25-26(27)29(35)20-5-3-2-4-19(20)28(25)34)31-10-13-33-11-8-30(9-12-33)36-14-15-37-30/h2-7,16-17,24,31H,8-15H2,1H3. The van der Waals surface area contributed by atoms with Crippen molar-refractivity contribution < 1.29 is 23.8 Å². The molecule has 194 valence electrons. The quantitative estimate of drug-likeness (QED) is 0.672. The second-order valence-corrected chi connectivity index (χ2v) is 10.4. The van der Waals surface area contributed by atoms with Crippen LogP contribution in [0, 0.1) is 6.92 Å². The second-order valence-electron chi connectivity index (χ2n) is 10.4. The monoisotopic (exact) mass is 511 g/mol. The van der Waals surface area contributed by atoms with Gasteiger partial charge in [-0.3, -0.25) is 9.59 Å². The molecule has 2 fully saturated rings. The number of benzene rings is 2. The number of hydrogen-bond acceptors (Lipinski definition) is 8. The van der Waals surface area contributed by atoms with Crippen molar-refractivity contribution in [2.45, 2.75) is 31.7 Å². The van der Waals surface area contributed by atoms with Crippen LogP contribution in [0.1, 0.15) is 39.1 Å². The Hall–Kier alpha value is -3.59. The number of allylic oxidation sites excluding steroid dienone is 1. The number of nitrogens with zero attached hydrogens (tertiary/aromatic N) is 2. The maximum atomic E-state index is 13.8. The first kappa shape index (κ1) is 23.5. The van der Waals surface area contributed by atoms with E-state index in [1.54, 1.807) is 24.3 Å². The molecule has 3 aliphatic heterocycles. The fourth-order valence-corrected chi connectivity index (χ4v) is 6.02. The zero-order valence-electron chi connectivity index (χ0n) is 21.3. The number of carbonyl (C=O) groups is 2. The van der Waals surface area contributed by atoms with E-state index >= 15 is 0 Å². The highest BCUT2D eigenvalue weighted by atomic mass is 16.7. The van der Waals surface area contributed by atoms with E-state index in [0.717, 1.165) is 38.0 Å². The molecule has 0 saturated carbocycles. The van der Waals surface area contributed by atoms with Crippen LogP contribution < -0.4 is 10.1 Å². The van der Waals surface area contributed by atoms with E-state index in [1.807, 2.05) is 31.2 Å². The summed E-state index contributed by atoms with van der Waals surface area (Å²) in [5, 5.41) is 3.47. The third-order valence-electron chi connectivity index (χ3n) is 8.02. The van der Waals surface area contributed by atoms with Gasteiger partial charge in [-0.25, -0.2) is 4.99 Å². The van der Waals surface area contributed by atoms with Crippen molar-refractivity contribution in [1.29, 1.82) is 0 Å². The van der Waals surface area contributed by atoms with E-state index in [2.05, 4.69) is 10.2 Å². The molecule has 3 heterocycles. The van der Waals surface area contributed by atoms with Crippen LogP contribution >= 0.6 is 0 Å². The van der Waals surface area contributed by atoms with Crippen molar-refractivity contribution in [2.75, 3.05) is 39.4 Å². The summed E-state index contributed by atoms with van der Waals surface area (Å²) < 4.78 is 18.0. The summed E-state index contributed by atoms with van der Waals surface area (Å²) in [6.45, 7) is 6.51. The summed E-state index contributed by atoms with van der Waals surface area (Å²) in [6.07, 6.45) is 3.04. The lowest BCUT2D eigenvalue weighted by molar-refractivity contribution is -0.185. The Morgan fingerprint density at radius 1 is 1.00 bits per heavy atom. The maximum absolute atomic E-state index is 13.8. The van der Waals surface area contributed by atoms with Crippen molar-refractivity contribution in [3.8, 4) is 5.75 Å². The molecular formula is C30H29N3O5. The molecule has 1 atom stereocenters. The molecule has 7 rings (SSSR count). The van der Waals surface area contributed by atoms with Gasteiger partial charge >= 0.3 is 0 Å². The molecule has 1 N–H and O–H groups in total. The minimum absolute atomic E-state index is 0.166. The van der Waals surface area contributed by atoms with E-state index in [1.165, 1.54) is 0 Å². The molecule has 8 nitrogen and oxygen atoms in total. The average Bonchev–Trinajstić information content (AvgIpc) is 3.39. The Bertz CT molecular complexity index is 1440. The third-order valence-corrected chi connectivity index (χ3v) is 8.02. The summed E-state index contributed by atoms with van der Waals surface area (Å²) in [6, 6.07) is 12.8. The number of fused-ring (bicyclic) bond motifs is 4. The van der Waals surface area contributed by atoms with E-state index in [4.69, 9.17) is 19.2 Å². The van der Waals surface area contributed by atoms with Crippen LogP contribution in [0.3, 0.4) is 0 Å². The van der Waals surface area contributed by atoms with Gasteiger partial charge in [-0.05, 0) is 30.7 Å². The summed E-state index contributed by atoms with van der Waals surface area (Å²) in [4.78, 5) is 34.8. The highest BCUT2D eigenvalue weighted by molar-refractivity contribution is 6.40. The Balaban J connectivity index is 1.18. The second kappa shape index (κ2) is 9.01. The first-order valence-corrected chi connectivity index (χ1v) is 13.3. The van der Waals surface area contributed by atoms with Gasteiger partial charge in [-0.1, -0.05) is 30.3 Å². The van der Waals surface area contributed by atoms with Gasteiger partial charge in [0.25, 0.3) is 0 Å². The fourth-order valence-electron chi connectivity index (χ4n) is 6.02. The van der Waals surface area contributed by atoms with E-state index in [-0.39, 0.29) is 11.6 Å². The van der Waals surface area contributed by atoms with Gasteiger partial charge in [0.15, 0.2) is 23.5 Å². The molecule has 38 heavy (non-hydrogen) atoms. The van der Waals surface area contributed by atoms with Crippen LogP contribution in [-0.4, -0.2) is 73.5 Å². The number of rotatable bonds is 4. The molecule has 0 amide bonds. The number of aliphatic imine (C=N–C) groups is 1. The predicted octanol–water partition coefficient (Wildman–Crippen LogP) is 3.53. The first-order chi connectivity index (χ1) is 18.5. The molecule has 5 aliphatic rings. The van der Waals surface area contributed by atoms with Crippen molar-refractivity contribution in [3.63, 3.8) is 0 Å². The van der Waals surface area contributed by atoms with Crippen LogP contribution in [-0.2, 0) is 9.47 Å². The molecule has 2 saturated heterocycles. The van der Waals surface area contributed by atoms with Crippen molar-refractivity contribution in [2.24, 2.45) is 4.99 Å². The molecule has 0 bridgehead atoms. The van der Waals surface area contributed by atoms with E-state index in [0.29, 0.717) is 64.9 Å². The molecule has 0 aromatic heterocycles. The van der Waals surface area contributed by atoms with Gasteiger partial charge in [0, 0.05) is 55.8 Å². The van der Waals surface area contributed by atoms with Crippen LogP contribution in [0.4, 0.5) is 5.69 Å². The zero-order valence-corrected chi connectivity index (χ0v) is 21.3. The number of Topliss-reactive ketones (excluding diaryl/α,β-unsaturated/α-hetero) is 2. The fraction of sp³-hybridized carbons (Fsp3) is 0.367. The Kier molecular flexibility index (Phi) is 5.58. The Labute approximate surface area is 221 Å². The average molecular weight is 512 g/mol. The van der Waals surface area contributed by atoms with Crippen molar-refractivity contribution >= 4 is 23.0 Å². The maximum Gasteiger partial charge on any atom is 0.196 e. The number of likely N-dealkylation sites (tertiary alicyclic amines) is 1. The predicted molar refractivity (Wildman–Crippen MR) is 141 cm³/mol. The molecule has 8 heteroatoms. The van der Waals surface area contributed by atoms with Gasteiger partial charge in [-0.15, -0.1) is 0 Å². The highest BCUT2D eigenvalue weighted by Crippen LogP contribution is 2.41. The highest BCUT2D eigenvalue weighted by Gasteiger charge is 2.43. The van der Waals surface area contributed by atoms with Gasteiger partial charge in [0.05, 0.1) is 30.1 Å². The van der Waals surface area contributed by atoms with Crippen LogP contribution in [0.15, 0.2) is 70.4 Å². The summed E-state index contributed by atoms with van der Waals surface area (Å²) >= 11 is 0. The SMILES string of the molecule is Cc1ccc2c(c1)N=C1C3=C(C(=O)c4ccccc4C3=O)C(NCCN3CCC4(CC3)OCCO4)=CC1O2. The van der Waals surface area contributed by atoms with Gasteiger partial charge < -0.3 is 24.4 Å².